The first-order valence-electron chi connectivity index (χ1n) is 11.3. The van der Waals surface area contributed by atoms with E-state index >= 15 is 0 Å². The first-order valence-corrected chi connectivity index (χ1v) is 11.3. The Morgan fingerprint density at radius 2 is 1.49 bits per heavy atom. The van der Waals surface area contributed by atoms with Gasteiger partial charge in [-0.05, 0) is 49.6 Å². The van der Waals surface area contributed by atoms with Crippen LogP contribution in [0.4, 0.5) is 0 Å². The molecule has 190 valence electrons. The topological polar surface area (TPSA) is 161 Å². The molecule has 0 bridgehead atoms. The van der Waals surface area contributed by atoms with Crippen LogP contribution in [0.3, 0.4) is 0 Å². The maximum atomic E-state index is 12.5. The van der Waals surface area contributed by atoms with Gasteiger partial charge in [-0.2, -0.15) is 0 Å². The van der Waals surface area contributed by atoms with Crippen LogP contribution in [0, 0.1) is 5.92 Å². The van der Waals surface area contributed by atoms with E-state index < -0.39 is 47.9 Å². The number of carboxylic acids is 1. The Morgan fingerprint density at radius 1 is 1.00 bits per heavy atom. The number of ether oxygens (including phenoxy) is 3. The molecule has 37 heavy (non-hydrogen) atoms. The Kier molecular flexibility index (Phi) is 11.4. The first-order chi connectivity index (χ1) is 17.2. The molecule has 1 aliphatic rings. The van der Waals surface area contributed by atoms with Gasteiger partial charge in [0, 0.05) is 5.92 Å². The van der Waals surface area contributed by atoms with Crippen molar-refractivity contribution in [3.63, 3.8) is 0 Å². The molecule has 0 unspecified atom stereocenters. The smallest absolute Gasteiger partial charge is 0.862 e. The van der Waals surface area contributed by atoms with Crippen molar-refractivity contribution < 1.29 is 57.7 Å². The number of rotatable bonds is 10. The third kappa shape index (κ3) is 8.79. The summed E-state index contributed by atoms with van der Waals surface area (Å²) in [6.45, 7) is 0.925. The number of nitrogens with zero attached hydrogens (tertiary/aromatic N) is 1. The fourth-order valence-electron chi connectivity index (χ4n) is 3.70. The summed E-state index contributed by atoms with van der Waals surface area (Å²) in [6, 6.07) is 14.9. The van der Waals surface area contributed by atoms with Crippen LogP contribution in [0.1, 0.15) is 34.1 Å². The molecule has 0 aromatic heterocycles. The normalized spacial score (nSPS) is 19.2. The van der Waals surface area contributed by atoms with Crippen molar-refractivity contribution in [2.75, 3.05) is 13.2 Å². The van der Waals surface area contributed by atoms with Crippen LogP contribution >= 0.6 is 0 Å². The van der Waals surface area contributed by atoms with Crippen LogP contribution < -0.4 is 29.7 Å². The molecule has 0 spiro atoms. The molecule has 0 radical (unpaired) electrons. The Balaban J connectivity index is 0.00000481. The number of benzene rings is 2. The fraction of sp³-hybridized carbons (Fsp3) is 0.308. The van der Waals surface area contributed by atoms with E-state index in [1.54, 1.807) is 60.7 Å². The van der Waals surface area contributed by atoms with Crippen LogP contribution in [0.5, 0.6) is 0 Å². The van der Waals surface area contributed by atoms with E-state index in [9.17, 15) is 24.6 Å². The maximum absolute atomic E-state index is 12.5. The van der Waals surface area contributed by atoms with Crippen molar-refractivity contribution >= 4 is 23.8 Å². The van der Waals surface area contributed by atoms with Gasteiger partial charge in [0.15, 0.2) is 0 Å². The van der Waals surface area contributed by atoms with Crippen LogP contribution in [0.25, 0.3) is 0 Å². The maximum Gasteiger partial charge on any atom is 1.00 e. The van der Waals surface area contributed by atoms with Crippen LogP contribution in [0.15, 0.2) is 77.5 Å². The summed E-state index contributed by atoms with van der Waals surface area (Å²) in [5, 5.41) is 21.1. The van der Waals surface area contributed by atoms with E-state index in [4.69, 9.17) is 19.9 Å². The number of carbonyl (C=O) groups is 3. The molecule has 0 fully saturated rings. The van der Waals surface area contributed by atoms with E-state index in [1.807, 2.05) is 0 Å². The molecule has 1 aliphatic heterocycles. The third-order valence-corrected chi connectivity index (χ3v) is 5.42. The predicted octanol–water partition coefficient (Wildman–Crippen LogP) is -1.45. The number of nitrogens with two attached hydrogens (primary N) is 1. The second kappa shape index (κ2) is 14.2. The second-order valence-corrected chi connectivity index (χ2v) is 8.24. The number of hydrogen-bond acceptors (Lipinski definition) is 9. The molecule has 10 nitrogen and oxygen atoms in total. The summed E-state index contributed by atoms with van der Waals surface area (Å²) in [5.41, 5.74) is 6.76. The van der Waals surface area contributed by atoms with Gasteiger partial charge in [0.1, 0.15) is 12.1 Å². The van der Waals surface area contributed by atoms with Gasteiger partial charge in [-0.25, -0.2) is 14.4 Å². The van der Waals surface area contributed by atoms with Crippen molar-refractivity contribution in [2.24, 2.45) is 16.6 Å². The zero-order chi connectivity index (χ0) is 26.1. The predicted molar refractivity (Wildman–Crippen MR) is 127 cm³/mol. The molecular weight excluding hydrogens is 475 g/mol. The van der Waals surface area contributed by atoms with E-state index in [0.29, 0.717) is 11.1 Å². The van der Waals surface area contributed by atoms with E-state index in [0.717, 1.165) is 0 Å². The Labute approximate surface area is 226 Å². The van der Waals surface area contributed by atoms with Crippen molar-refractivity contribution in [3.8, 4) is 0 Å². The van der Waals surface area contributed by atoms with Gasteiger partial charge in [-0.1, -0.05) is 36.4 Å². The zero-order valence-corrected chi connectivity index (χ0v) is 20.6. The summed E-state index contributed by atoms with van der Waals surface area (Å²) in [6.07, 6.45) is 0.301. The van der Waals surface area contributed by atoms with Gasteiger partial charge < -0.3 is 30.2 Å². The Morgan fingerprint density at radius 3 is 1.92 bits per heavy atom. The van der Waals surface area contributed by atoms with Gasteiger partial charge >= 0.3 is 36.8 Å². The van der Waals surface area contributed by atoms with Crippen molar-refractivity contribution in [3.05, 3.63) is 83.6 Å². The molecule has 3 rings (SSSR count). The third-order valence-electron chi connectivity index (χ3n) is 5.42. The monoisotopic (exact) mass is 502 g/mol. The molecule has 0 saturated heterocycles. The van der Waals surface area contributed by atoms with Crippen LogP contribution in [-0.2, 0) is 19.0 Å². The molecule has 11 heteroatoms. The number of esters is 2. The number of aliphatic carboxylic acids is 1. The molecule has 3 N–H and O–H groups in total. The minimum atomic E-state index is -1.32. The molecule has 2 aromatic carbocycles. The van der Waals surface area contributed by atoms with Gasteiger partial charge in [0.2, 0.25) is 5.76 Å². The summed E-state index contributed by atoms with van der Waals surface area (Å²) in [7, 11) is 0. The number of aliphatic imine (C=N–C) groups is 1. The largest absolute Gasteiger partial charge is 1.00 e. The molecule has 1 heterocycles. The number of hydrogen-bond donors (Lipinski definition) is 2. The number of carboxylic acid groups (broad SMARTS) is 1. The fourth-order valence-corrected chi connectivity index (χ4v) is 3.70. The Hall–Kier alpha value is -3.58. The quantitative estimate of drug-likeness (QED) is 0.171. The van der Waals surface area contributed by atoms with Crippen LogP contribution in [-0.4, -0.2) is 60.3 Å². The van der Waals surface area contributed by atoms with Gasteiger partial charge in [0.25, 0.3) is 0 Å². The minimum Gasteiger partial charge on any atom is -0.862 e. The molecule has 2 aromatic rings. The van der Waals surface area contributed by atoms with Crippen molar-refractivity contribution in [1.82, 2.24) is 0 Å². The number of carbonyl (C=O) groups excluding carboxylic acids is 2. The molecule has 0 aliphatic carbocycles. The Bertz CT molecular complexity index is 1060. The van der Waals surface area contributed by atoms with Gasteiger partial charge in [0.05, 0.1) is 30.4 Å². The standard InChI is InChI=1S/C26H28N2O8.Li/c1-16(29)28-23-20(27)13-22(24(30)31)36-21(23)12-17(14-34-25(32)18-8-4-2-5-9-18)15-35-26(33)19-10-6-3-7-11-19;/h2-11,13,17,20-21,23H,12,14-15,27H2,1H3,(H,28,29)(H,30,31);/q;+1/p-1/t20-,21-,23+;/m0./s1. The van der Waals surface area contributed by atoms with Crippen molar-refractivity contribution in [1.29, 1.82) is 0 Å². The summed E-state index contributed by atoms with van der Waals surface area (Å²) < 4.78 is 16.5. The molecule has 0 saturated carbocycles. The summed E-state index contributed by atoms with van der Waals surface area (Å²) >= 11 is 0. The average Bonchev–Trinajstić information content (AvgIpc) is 2.87. The van der Waals surface area contributed by atoms with E-state index in [1.165, 1.54) is 13.0 Å². The van der Waals surface area contributed by atoms with Crippen LogP contribution in [0.2, 0.25) is 0 Å². The average molecular weight is 502 g/mol. The molecule has 3 atom stereocenters. The van der Waals surface area contributed by atoms with Crippen molar-refractivity contribution in [2.45, 2.75) is 31.5 Å². The molecule has 0 amide bonds. The summed E-state index contributed by atoms with van der Waals surface area (Å²) in [4.78, 5) is 40.5. The van der Waals surface area contributed by atoms with Gasteiger partial charge in [-0.3, -0.25) is 4.99 Å². The summed E-state index contributed by atoms with van der Waals surface area (Å²) in [5.74, 6) is -3.96. The second-order valence-electron chi connectivity index (χ2n) is 8.24. The van der Waals surface area contributed by atoms with E-state index in [-0.39, 0.29) is 44.3 Å². The minimum absolute atomic E-state index is 0. The zero-order valence-electron chi connectivity index (χ0n) is 20.6. The van der Waals surface area contributed by atoms with E-state index in [2.05, 4.69) is 4.99 Å². The van der Waals surface area contributed by atoms with Gasteiger partial charge in [-0.15, -0.1) is 0 Å². The molecular formula is C26H27LiN2O8. The SMILES string of the molecule is CC([O-])=N[C@H]1[C@H](CC(COC(=O)c2ccccc2)COC(=O)c2ccccc2)OC(C(=O)O)=C[C@@H]1N.[Li+]. The first kappa shape index (κ1) is 29.6.